The fraction of sp³-hybridized carbons (Fsp3) is 0.125. The Hall–Kier alpha value is -1.51. The molecule has 0 unspecified atom stereocenters. The van der Waals surface area contributed by atoms with Gasteiger partial charge in [-0.2, -0.15) is 5.10 Å². The van der Waals surface area contributed by atoms with Gasteiger partial charge >= 0.3 is 0 Å². The van der Waals surface area contributed by atoms with Gasteiger partial charge in [0.2, 0.25) is 0 Å². The van der Waals surface area contributed by atoms with E-state index in [2.05, 4.69) is 10.5 Å². The molecule has 2 N–H and O–H groups in total. The molecule has 0 aliphatic carbocycles. The van der Waals surface area contributed by atoms with E-state index in [1.54, 1.807) is 31.5 Å². The minimum atomic E-state index is 0.242. The van der Waals surface area contributed by atoms with Crippen LogP contribution >= 0.6 is 0 Å². The van der Waals surface area contributed by atoms with Crippen molar-refractivity contribution in [2.45, 2.75) is 0 Å². The normalized spacial score (nSPS) is 10.3. The average Bonchev–Trinajstić information content (AvgIpc) is 2.03. The zero-order chi connectivity index (χ0) is 8.10. The minimum absolute atomic E-state index is 0.242. The first kappa shape index (κ1) is 7.60. The van der Waals surface area contributed by atoms with E-state index in [1.165, 1.54) is 0 Å². The second-order valence-electron chi connectivity index (χ2n) is 2.04. The molecular weight excluding hydrogens is 140 g/mol. The fourth-order valence-electron chi connectivity index (χ4n) is 0.731. The molecule has 0 fully saturated rings. The van der Waals surface area contributed by atoms with Gasteiger partial charge < -0.3 is 10.5 Å². The van der Waals surface area contributed by atoms with Crippen molar-refractivity contribution < 1.29 is 5.11 Å². The summed E-state index contributed by atoms with van der Waals surface area (Å²) in [4.78, 5) is 0. The number of benzene rings is 1. The first-order chi connectivity index (χ1) is 5.34. The summed E-state index contributed by atoms with van der Waals surface area (Å²) in [5.41, 5.74) is 3.31. The first-order valence-corrected chi connectivity index (χ1v) is 3.32. The summed E-state index contributed by atoms with van der Waals surface area (Å²) in [5, 5.41) is 13.0. The summed E-state index contributed by atoms with van der Waals surface area (Å²) in [6.45, 7) is 0. The molecule has 1 aromatic carbocycles. The maximum Gasteiger partial charge on any atom is 0.124 e. The molecule has 0 heterocycles. The Balaban J connectivity index is 2.86. The van der Waals surface area contributed by atoms with Crippen LogP contribution in [0.4, 0.5) is 0 Å². The highest BCUT2D eigenvalue weighted by molar-refractivity contribution is 5.82. The van der Waals surface area contributed by atoms with Gasteiger partial charge in [0, 0.05) is 12.6 Å². The Labute approximate surface area is 65.4 Å². The molecule has 1 rings (SSSR count). The van der Waals surface area contributed by atoms with Crippen LogP contribution in [0.25, 0.3) is 0 Å². The average molecular weight is 150 g/mol. The lowest BCUT2D eigenvalue weighted by atomic mass is 10.2. The van der Waals surface area contributed by atoms with Crippen LogP contribution in [0.3, 0.4) is 0 Å². The highest BCUT2D eigenvalue weighted by Gasteiger charge is 1.92. The molecule has 0 aliphatic heterocycles. The smallest absolute Gasteiger partial charge is 0.124 e. The van der Waals surface area contributed by atoms with Crippen LogP contribution in [0.15, 0.2) is 29.4 Å². The van der Waals surface area contributed by atoms with Crippen molar-refractivity contribution in [2.24, 2.45) is 5.10 Å². The lowest BCUT2D eigenvalue weighted by Crippen LogP contribution is -1.94. The number of para-hydroxylation sites is 1. The van der Waals surface area contributed by atoms with Crippen LogP contribution < -0.4 is 5.43 Å². The number of hydrogen-bond donors (Lipinski definition) is 2. The Kier molecular flexibility index (Phi) is 2.49. The van der Waals surface area contributed by atoms with E-state index in [-0.39, 0.29) is 5.75 Å². The summed E-state index contributed by atoms with van der Waals surface area (Å²) in [6.07, 6.45) is 1.56. The minimum Gasteiger partial charge on any atom is -0.507 e. The zero-order valence-electron chi connectivity index (χ0n) is 6.28. The summed E-state index contributed by atoms with van der Waals surface area (Å²) < 4.78 is 0. The van der Waals surface area contributed by atoms with E-state index in [4.69, 9.17) is 0 Å². The van der Waals surface area contributed by atoms with E-state index >= 15 is 0 Å². The number of phenols is 1. The molecule has 11 heavy (non-hydrogen) atoms. The maximum atomic E-state index is 9.22. The molecule has 58 valence electrons. The largest absolute Gasteiger partial charge is 0.507 e. The topological polar surface area (TPSA) is 44.6 Å². The van der Waals surface area contributed by atoms with Crippen molar-refractivity contribution in [3.63, 3.8) is 0 Å². The Morgan fingerprint density at radius 2 is 2.18 bits per heavy atom. The summed E-state index contributed by atoms with van der Waals surface area (Å²) in [7, 11) is 1.70. The highest BCUT2D eigenvalue weighted by Crippen LogP contribution is 2.12. The molecule has 0 amide bonds. The van der Waals surface area contributed by atoms with Gasteiger partial charge in [-0.3, -0.25) is 0 Å². The lowest BCUT2D eigenvalue weighted by Gasteiger charge is -1.95. The number of hydrazone groups is 1. The predicted octanol–water partition coefficient (Wildman–Crippen LogP) is 0.946. The highest BCUT2D eigenvalue weighted by atomic mass is 16.3. The number of rotatable bonds is 2. The van der Waals surface area contributed by atoms with E-state index < -0.39 is 0 Å². The van der Waals surface area contributed by atoms with Crippen molar-refractivity contribution in [1.82, 2.24) is 5.43 Å². The summed E-state index contributed by atoms with van der Waals surface area (Å²) in [5.74, 6) is 0.242. The zero-order valence-corrected chi connectivity index (χ0v) is 6.28. The van der Waals surface area contributed by atoms with E-state index in [0.29, 0.717) is 5.56 Å². The Morgan fingerprint density at radius 3 is 2.82 bits per heavy atom. The Bertz CT molecular complexity index is 258. The van der Waals surface area contributed by atoms with Gasteiger partial charge in [-0.25, -0.2) is 0 Å². The van der Waals surface area contributed by atoms with E-state index in [0.717, 1.165) is 0 Å². The molecular formula is C8H10N2O. The van der Waals surface area contributed by atoms with Crippen molar-refractivity contribution in [3.8, 4) is 5.75 Å². The molecule has 0 atom stereocenters. The molecule has 0 saturated carbocycles. The predicted molar refractivity (Wildman–Crippen MR) is 44.8 cm³/mol. The van der Waals surface area contributed by atoms with Crippen molar-refractivity contribution in [3.05, 3.63) is 29.8 Å². The number of nitrogens with one attached hydrogen (secondary N) is 1. The molecule has 3 heteroatoms. The van der Waals surface area contributed by atoms with Gasteiger partial charge in [0.1, 0.15) is 5.75 Å². The molecule has 0 bridgehead atoms. The van der Waals surface area contributed by atoms with Crippen LogP contribution in [-0.4, -0.2) is 18.4 Å². The van der Waals surface area contributed by atoms with Crippen molar-refractivity contribution in [1.29, 1.82) is 0 Å². The molecule has 0 radical (unpaired) electrons. The molecule has 0 aliphatic rings. The molecule has 3 nitrogen and oxygen atoms in total. The third kappa shape index (κ3) is 1.97. The van der Waals surface area contributed by atoms with Crippen LogP contribution in [0.1, 0.15) is 5.56 Å². The third-order valence-corrected chi connectivity index (χ3v) is 1.27. The van der Waals surface area contributed by atoms with E-state index in [1.807, 2.05) is 6.07 Å². The van der Waals surface area contributed by atoms with Gasteiger partial charge in [-0.1, -0.05) is 12.1 Å². The second-order valence-corrected chi connectivity index (χ2v) is 2.04. The second kappa shape index (κ2) is 3.61. The first-order valence-electron chi connectivity index (χ1n) is 3.32. The summed E-state index contributed by atoms with van der Waals surface area (Å²) >= 11 is 0. The van der Waals surface area contributed by atoms with Crippen molar-refractivity contribution >= 4 is 6.21 Å². The maximum absolute atomic E-state index is 9.22. The van der Waals surface area contributed by atoms with Gasteiger partial charge in [0.05, 0.1) is 6.21 Å². The van der Waals surface area contributed by atoms with Crippen molar-refractivity contribution in [2.75, 3.05) is 7.05 Å². The van der Waals surface area contributed by atoms with Crippen LogP contribution in [-0.2, 0) is 0 Å². The van der Waals surface area contributed by atoms with Gasteiger partial charge in [-0.15, -0.1) is 0 Å². The third-order valence-electron chi connectivity index (χ3n) is 1.27. The molecule has 0 saturated heterocycles. The standard InChI is InChI=1S/C8H10N2O/c1-9-10-6-7-4-2-3-5-8(7)11/h2-6,9,11H,1H3/b10-6-. The van der Waals surface area contributed by atoms with Gasteiger partial charge in [-0.05, 0) is 12.1 Å². The van der Waals surface area contributed by atoms with Gasteiger partial charge in [0.25, 0.3) is 0 Å². The number of aromatic hydroxyl groups is 1. The quantitative estimate of drug-likeness (QED) is 0.487. The number of nitrogens with zero attached hydrogens (tertiary/aromatic N) is 1. The summed E-state index contributed by atoms with van der Waals surface area (Å²) in [6, 6.07) is 7.02. The molecule has 1 aromatic rings. The number of hydrogen-bond acceptors (Lipinski definition) is 3. The SMILES string of the molecule is CN/N=C\c1ccccc1O. The number of phenolic OH excluding ortho intramolecular Hbond substituents is 1. The van der Waals surface area contributed by atoms with Crippen LogP contribution in [0, 0.1) is 0 Å². The fourth-order valence-corrected chi connectivity index (χ4v) is 0.731. The van der Waals surface area contributed by atoms with Gasteiger partial charge in [0.15, 0.2) is 0 Å². The van der Waals surface area contributed by atoms with E-state index in [9.17, 15) is 5.11 Å². The Morgan fingerprint density at radius 1 is 1.45 bits per heavy atom. The monoisotopic (exact) mass is 150 g/mol. The molecule has 0 aromatic heterocycles. The van der Waals surface area contributed by atoms with Crippen LogP contribution in [0.2, 0.25) is 0 Å². The lowest BCUT2D eigenvalue weighted by molar-refractivity contribution is 0.474. The van der Waals surface area contributed by atoms with Crippen LogP contribution in [0.5, 0.6) is 5.75 Å². The molecule has 0 spiro atoms.